The Labute approximate surface area is 160 Å². The molecule has 0 spiro atoms. The van der Waals surface area contributed by atoms with Gasteiger partial charge in [0, 0.05) is 29.6 Å². The number of anilines is 1. The molecule has 0 radical (unpaired) electrons. The average molecular weight is 411 g/mol. The Hall–Kier alpha value is -3.50. The predicted molar refractivity (Wildman–Crippen MR) is 93.0 cm³/mol. The Bertz CT molecular complexity index is 1020. The summed E-state index contributed by atoms with van der Waals surface area (Å²) in [7, 11) is 0. The normalized spacial score (nSPS) is 12.5. The predicted octanol–water partition coefficient (Wildman–Crippen LogP) is 4.78. The van der Waals surface area contributed by atoms with Crippen molar-refractivity contribution in [1.82, 2.24) is 19.9 Å². The molecule has 2 aromatic heterocycles. The lowest BCUT2D eigenvalue weighted by Crippen LogP contribution is -2.04. The first kappa shape index (κ1) is 20.2. The van der Waals surface area contributed by atoms with Crippen LogP contribution in [0.25, 0.3) is 28.6 Å². The summed E-state index contributed by atoms with van der Waals surface area (Å²) >= 11 is 0. The molecule has 3 aromatic rings. The lowest BCUT2D eigenvalue weighted by molar-refractivity contribution is -0.137. The molecule has 0 saturated heterocycles. The summed E-state index contributed by atoms with van der Waals surface area (Å²) in [6.07, 6.45) is -4.51. The summed E-state index contributed by atoms with van der Waals surface area (Å²) in [5, 5.41) is 0. The van der Waals surface area contributed by atoms with Crippen molar-refractivity contribution in [3.63, 3.8) is 0 Å². The topological polar surface area (TPSA) is 77.6 Å². The third kappa shape index (κ3) is 5.06. The molecule has 2 N–H and O–H groups in total. The van der Waals surface area contributed by atoms with Crippen LogP contribution in [0.3, 0.4) is 0 Å². The number of allylic oxidation sites excluding steroid dienone is 1. The van der Waals surface area contributed by atoms with E-state index in [4.69, 9.17) is 5.73 Å². The standard InChI is InChI=1S/C18H11F6N5/c19-17(20,21)6-5-14-26-7-11(8-27-14)15-16(25)28-9-13(29-15)10-1-3-12(4-2-10)18(22,23)24/h1-9H,(H2,25,28). The highest BCUT2D eigenvalue weighted by atomic mass is 19.4. The molecule has 0 amide bonds. The van der Waals surface area contributed by atoms with Crippen LogP contribution >= 0.6 is 0 Å². The number of nitrogens with two attached hydrogens (primary N) is 1. The fourth-order valence-corrected chi connectivity index (χ4v) is 2.30. The summed E-state index contributed by atoms with van der Waals surface area (Å²) in [5.41, 5.74) is 6.05. The molecular weight excluding hydrogens is 400 g/mol. The van der Waals surface area contributed by atoms with E-state index in [1.54, 1.807) is 0 Å². The van der Waals surface area contributed by atoms with Crippen LogP contribution in [0.4, 0.5) is 32.2 Å². The zero-order chi connectivity index (χ0) is 21.2. The maximum absolute atomic E-state index is 12.7. The van der Waals surface area contributed by atoms with Gasteiger partial charge in [0.15, 0.2) is 5.82 Å². The lowest BCUT2D eigenvalue weighted by Gasteiger charge is -2.09. The van der Waals surface area contributed by atoms with Crippen molar-refractivity contribution < 1.29 is 26.3 Å². The van der Waals surface area contributed by atoms with Gasteiger partial charge in [-0.15, -0.1) is 0 Å². The quantitative estimate of drug-likeness (QED) is 0.628. The second-order valence-electron chi connectivity index (χ2n) is 5.77. The minimum absolute atomic E-state index is 0.00139. The van der Waals surface area contributed by atoms with Crippen LogP contribution in [0, 0.1) is 0 Å². The summed E-state index contributed by atoms with van der Waals surface area (Å²) in [5.74, 6) is -0.167. The van der Waals surface area contributed by atoms with Gasteiger partial charge in [-0.3, -0.25) is 0 Å². The summed E-state index contributed by atoms with van der Waals surface area (Å²) < 4.78 is 74.6. The third-order valence-electron chi connectivity index (χ3n) is 3.68. The lowest BCUT2D eigenvalue weighted by atomic mass is 10.1. The molecule has 0 unspecified atom stereocenters. The molecule has 5 nitrogen and oxygen atoms in total. The van der Waals surface area contributed by atoms with E-state index in [-0.39, 0.29) is 34.7 Å². The molecule has 0 aliphatic carbocycles. The molecule has 11 heteroatoms. The second kappa shape index (κ2) is 7.49. The van der Waals surface area contributed by atoms with Gasteiger partial charge >= 0.3 is 12.4 Å². The zero-order valence-corrected chi connectivity index (χ0v) is 14.3. The van der Waals surface area contributed by atoms with E-state index in [0.29, 0.717) is 11.6 Å². The van der Waals surface area contributed by atoms with Crippen LogP contribution in [0.15, 0.2) is 48.9 Å². The minimum Gasteiger partial charge on any atom is -0.382 e. The molecule has 0 aliphatic rings. The van der Waals surface area contributed by atoms with Crippen molar-refractivity contribution in [2.24, 2.45) is 0 Å². The van der Waals surface area contributed by atoms with Gasteiger partial charge in [0.25, 0.3) is 0 Å². The Balaban J connectivity index is 1.90. The number of halogens is 6. The zero-order valence-electron chi connectivity index (χ0n) is 14.3. The fourth-order valence-electron chi connectivity index (χ4n) is 2.30. The highest BCUT2D eigenvalue weighted by Gasteiger charge is 2.30. The number of benzene rings is 1. The second-order valence-corrected chi connectivity index (χ2v) is 5.77. The van der Waals surface area contributed by atoms with Crippen LogP contribution in [0.1, 0.15) is 11.4 Å². The van der Waals surface area contributed by atoms with Gasteiger partial charge in [0.1, 0.15) is 11.5 Å². The first-order chi connectivity index (χ1) is 13.5. The Morgan fingerprint density at radius 3 is 1.97 bits per heavy atom. The summed E-state index contributed by atoms with van der Waals surface area (Å²) in [6.45, 7) is 0. The van der Waals surface area contributed by atoms with E-state index >= 15 is 0 Å². The summed E-state index contributed by atoms with van der Waals surface area (Å²) in [6, 6.07) is 4.32. The highest BCUT2D eigenvalue weighted by Crippen LogP contribution is 2.31. The number of hydrogen-bond donors (Lipinski definition) is 1. The molecule has 150 valence electrons. The van der Waals surface area contributed by atoms with Crippen molar-refractivity contribution in [1.29, 1.82) is 0 Å². The first-order valence-corrected chi connectivity index (χ1v) is 7.91. The van der Waals surface area contributed by atoms with E-state index < -0.39 is 17.9 Å². The van der Waals surface area contributed by atoms with Gasteiger partial charge < -0.3 is 5.73 Å². The maximum Gasteiger partial charge on any atom is 0.416 e. The third-order valence-corrected chi connectivity index (χ3v) is 3.68. The molecule has 1 aromatic carbocycles. The largest absolute Gasteiger partial charge is 0.416 e. The summed E-state index contributed by atoms with van der Waals surface area (Å²) in [4.78, 5) is 15.8. The monoisotopic (exact) mass is 411 g/mol. The Morgan fingerprint density at radius 1 is 0.793 bits per heavy atom. The van der Waals surface area contributed by atoms with Crippen molar-refractivity contribution in [2.75, 3.05) is 5.73 Å². The molecule has 3 rings (SSSR count). The number of rotatable bonds is 3. The Morgan fingerprint density at radius 2 is 1.41 bits per heavy atom. The van der Waals surface area contributed by atoms with Gasteiger partial charge in [-0.2, -0.15) is 26.3 Å². The SMILES string of the molecule is Nc1ncc(-c2ccc(C(F)(F)F)cc2)nc1-c1cnc(C=CC(F)(F)F)nc1. The van der Waals surface area contributed by atoms with Crippen molar-refractivity contribution in [3.05, 3.63) is 60.3 Å². The van der Waals surface area contributed by atoms with Crippen LogP contribution in [0.5, 0.6) is 0 Å². The number of nitrogen functional groups attached to an aromatic ring is 1. The van der Waals surface area contributed by atoms with Gasteiger partial charge in [-0.05, 0) is 18.2 Å². The van der Waals surface area contributed by atoms with E-state index in [1.165, 1.54) is 30.7 Å². The van der Waals surface area contributed by atoms with Gasteiger partial charge in [0.05, 0.1) is 17.5 Å². The number of nitrogens with zero attached hydrogens (tertiary/aromatic N) is 4. The molecule has 2 heterocycles. The van der Waals surface area contributed by atoms with Gasteiger partial charge in [0.2, 0.25) is 0 Å². The first-order valence-electron chi connectivity index (χ1n) is 7.91. The van der Waals surface area contributed by atoms with Crippen LogP contribution in [-0.2, 0) is 6.18 Å². The minimum atomic E-state index is -4.49. The van der Waals surface area contributed by atoms with E-state index in [9.17, 15) is 26.3 Å². The number of hydrogen-bond acceptors (Lipinski definition) is 5. The van der Waals surface area contributed by atoms with E-state index in [1.807, 2.05) is 0 Å². The molecular formula is C18H11F6N5. The maximum atomic E-state index is 12.7. The van der Waals surface area contributed by atoms with Crippen molar-refractivity contribution in [2.45, 2.75) is 12.4 Å². The van der Waals surface area contributed by atoms with Crippen LogP contribution < -0.4 is 5.73 Å². The van der Waals surface area contributed by atoms with Gasteiger partial charge in [-0.1, -0.05) is 12.1 Å². The molecule has 0 atom stereocenters. The molecule has 0 aliphatic heterocycles. The molecule has 0 fully saturated rings. The number of alkyl halides is 6. The highest BCUT2D eigenvalue weighted by molar-refractivity contribution is 5.72. The van der Waals surface area contributed by atoms with Crippen molar-refractivity contribution in [3.8, 4) is 22.5 Å². The fraction of sp³-hybridized carbons (Fsp3) is 0.111. The van der Waals surface area contributed by atoms with E-state index in [2.05, 4.69) is 19.9 Å². The van der Waals surface area contributed by atoms with Crippen molar-refractivity contribution >= 4 is 11.9 Å². The smallest absolute Gasteiger partial charge is 0.382 e. The molecule has 29 heavy (non-hydrogen) atoms. The van der Waals surface area contributed by atoms with Crippen LogP contribution in [-0.4, -0.2) is 26.1 Å². The Kier molecular flexibility index (Phi) is 5.23. The van der Waals surface area contributed by atoms with Gasteiger partial charge in [-0.25, -0.2) is 19.9 Å². The van der Waals surface area contributed by atoms with Crippen LogP contribution in [0.2, 0.25) is 0 Å². The molecule has 0 saturated carbocycles. The van der Waals surface area contributed by atoms with E-state index in [0.717, 1.165) is 12.1 Å². The molecule has 0 bridgehead atoms. The average Bonchev–Trinajstić information content (AvgIpc) is 2.66. The number of aromatic nitrogens is 4.